The molecule has 1 saturated heterocycles. The Morgan fingerprint density at radius 1 is 1.04 bits per heavy atom. The lowest BCUT2D eigenvalue weighted by Gasteiger charge is -2.23. The highest BCUT2D eigenvalue weighted by molar-refractivity contribution is 7.89. The molecule has 2 fully saturated rings. The number of hydrogen-bond acceptors (Lipinski definition) is 3. The Kier molecular flexibility index (Phi) is 5.45. The second-order valence-electron chi connectivity index (χ2n) is 7.56. The first kappa shape index (κ1) is 19.4. The van der Waals surface area contributed by atoms with E-state index in [0.29, 0.717) is 0 Å². The van der Waals surface area contributed by atoms with Gasteiger partial charge in [-0.1, -0.05) is 54.6 Å². The largest absolute Gasteiger partial charge is 0.313 e. The Morgan fingerprint density at radius 2 is 1.73 bits per heavy atom. The predicted octanol–water partition coefficient (Wildman–Crippen LogP) is 2.97. The summed E-state index contributed by atoms with van der Waals surface area (Å²) in [6, 6.07) is 19.0. The molecule has 2 aliphatic rings. The Morgan fingerprint density at radius 3 is 2.38 bits per heavy atom. The molecule has 0 bridgehead atoms. The van der Waals surface area contributed by atoms with Gasteiger partial charge in [-0.25, -0.2) is 13.6 Å². The van der Waals surface area contributed by atoms with E-state index in [-0.39, 0.29) is 35.5 Å². The number of hydrogen-bond donors (Lipinski definition) is 2. The maximum Gasteiger partial charge on any atom is 0.209 e. The van der Waals surface area contributed by atoms with Crippen LogP contribution in [0, 0.1) is 11.3 Å². The first-order chi connectivity index (χ1) is 12.0. The molecule has 3 N–H and O–H groups in total. The Bertz CT molecular complexity index is 866. The van der Waals surface area contributed by atoms with Gasteiger partial charge >= 0.3 is 0 Å². The summed E-state index contributed by atoms with van der Waals surface area (Å²) in [6.07, 6.45) is 3.06. The van der Waals surface area contributed by atoms with Crippen molar-refractivity contribution in [3.63, 3.8) is 0 Å². The molecule has 2 aromatic rings. The summed E-state index contributed by atoms with van der Waals surface area (Å²) in [5, 5.41) is 8.93. The lowest BCUT2D eigenvalue weighted by molar-refractivity contribution is 0.374. The van der Waals surface area contributed by atoms with E-state index in [9.17, 15) is 8.42 Å². The van der Waals surface area contributed by atoms with Crippen molar-refractivity contribution in [1.82, 2.24) is 5.32 Å². The molecule has 2 aromatic carbocycles. The maximum atomic E-state index is 11.7. The number of nitrogens with two attached hydrogens (primary N) is 1. The van der Waals surface area contributed by atoms with Crippen LogP contribution in [-0.4, -0.2) is 26.8 Å². The van der Waals surface area contributed by atoms with Gasteiger partial charge in [0.2, 0.25) is 10.0 Å². The molecule has 6 heteroatoms. The van der Waals surface area contributed by atoms with Crippen molar-refractivity contribution in [1.29, 1.82) is 0 Å². The van der Waals surface area contributed by atoms with Gasteiger partial charge < -0.3 is 5.32 Å². The van der Waals surface area contributed by atoms with Crippen LogP contribution < -0.4 is 10.5 Å². The van der Waals surface area contributed by atoms with Crippen LogP contribution in [0.3, 0.4) is 0 Å². The van der Waals surface area contributed by atoms with Gasteiger partial charge in [0.15, 0.2) is 0 Å². The fraction of sp³-hybridized carbons (Fsp3) is 0.400. The van der Waals surface area contributed by atoms with E-state index >= 15 is 0 Å². The number of primary sulfonamides is 1. The molecular weight excluding hydrogens is 368 g/mol. The lowest BCUT2D eigenvalue weighted by atomic mass is 9.86. The van der Waals surface area contributed by atoms with E-state index in [1.807, 2.05) is 18.2 Å². The van der Waals surface area contributed by atoms with Gasteiger partial charge in [0, 0.05) is 12.6 Å². The molecule has 4 rings (SSSR count). The first-order valence-electron chi connectivity index (χ1n) is 8.83. The SMILES string of the molecule is Cl.NS(=O)(=O)CC1C(Cc2cccc(-c3ccccc3)c2)NCC12CC2. The van der Waals surface area contributed by atoms with Crippen molar-refractivity contribution in [2.45, 2.75) is 25.3 Å². The van der Waals surface area contributed by atoms with Crippen molar-refractivity contribution < 1.29 is 8.42 Å². The molecule has 0 amide bonds. The molecule has 26 heavy (non-hydrogen) atoms. The molecular formula is C20H25ClN2O2S. The van der Waals surface area contributed by atoms with Gasteiger partial charge in [0.1, 0.15) is 0 Å². The van der Waals surface area contributed by atoms with Crippen LogP contribution in [0.2, 0.25) is 0 Å². The van der Waals surface area contributed by atoms with Crippen molar-refractivity contribution in [3.05, 3.63) is 60.2 Å². The minimum Gasteiger partial charge on any atom is -0.313 e. The molecule has 1 heterocycles. The third-order valence-electron chi connectivity index (χ3n) is 5.78. The van der Waals surface area contributed by atoms with Gasteiger partial charge in [-0.3, -0.25) is 0 Å². The van der Waals surface area contributed by atoms with Crippen LogP contribution in [-0.2, 0) is 16.4 Å². The number of benzene rings is 2. The monoisotopic (exact) mass is 392 g/mol. The van der Waals surface area contributed by atoms with E-state index in [2.05, 4.69) is 41.7 Å². The Labute approximate surface area is 161 Å². The highest BCUT2D eigenvalue weighted by Gasteiger charge is 2.56. The van der Waals surface area contributed by atoms with Crippen LogP contribution in [0.25, 0.3) is 11.1 Å². The van der Waals surface area contributed by atoms with Crippen LogP contribution >= 0.6 is 12.4 Å². The molecule has 2 atom stereocenters. The minimum atomic E-state index is -3.45. The van der Waals surface area contributed by atoms with Crippen molar-refractivity contribution in [2.75, 3.05) is 12.3 Å². The zero-order valence-corrected chi connectivity index (χ0v) is 16.2. The average molecular weight is 393 g/mol. The Hall–Kier alpha value is -1.40. The van der Waals surface area contributed by atoms with Crippen molar-refractivity contribution in [3.8, 4) is 11.1 Å². The average Bonchev–Trinajstić information content (AvgIpc) is 3.31. The summed E-state index contributed by atoms with van der Waals surface area (Å²) in [7, 11) is -3.45. The van der Waals surface area contributed by atoms with Gasteiger partial charge in [-0.15, -0.1) is 12.4 Å². The third kappa shape index (κ3) is 4.12. The number of rotatable bonds is 5. The Balaban J connectivity index is 0.00000196. The molecule has 0 aromatic heterocycles. The van der Waals surface area contributed by atoms with Gasteiger partial charge in [0.25, 0.3) is 0 Å². The normalized spacial score (nSPS) is 23.6. The lowest BCUT2D eigenvalue weighted by Crippen LogP contribution is -2.36. The highest BCUT2D eigenvalue weighted by atomic mass is 35.5. The number of nitrogens with one attached hydrogen (secondary N) is 1. The minimum absolute atomic E-state index is 0. The van der Waals surface area contributed by atoms with Crippen LogP contribution in [0.15, 0.2) is 54.6 Å². The topological polar surface area (TPSA) is 72.2 Å². The molecule has 0 radical (unpaired) electrons. The summed E-state index contributed by atoms with van der Waals surface area (Å²) in [5.74, 6) is 0.200. The van der Waals surface area contributed by atoms with Crippen molar-refractivity contribution >= 4 is 22.4 Å². The summed E-state index contributed by atoms with van der Waals surface area (Å²) in [4.78, 5) is 0. The fourth-order valence-electron chi connectivity index (χ4n) is 4.26. The summed E-state index contributed by atoms with van der Waals surface area (Å²) >= 11 is 0. The van der Waals surface area contributed by atoms with Gasteiger partial charge in [-0.2, -0.15) is 0 Å². The second kappa shape index (κ2) is 7.31. The third-order valence-corrected chi connectivity index (χ3v) is 6.61. The fourth-order valence-corrected chi connectivity index (χ4v) is 5.35. The smallest absolute Gasteiger partial charge is 0.209 e. The molecule has 140 valence electrons. The molecule has 1 spiro atoms. The predicted molar refractivity (Wildman–Crippen MR) is 108 cm³/mol. The van der Waals surface area contributed by atoms with E-state index in [4.69, 9.17) is 5.14 Å². The second-order valence-corrected chi connectivity index (χ2v) is 9.22. The zero-order valence-electron chi connectivity index (χ0n) is 14.6. The van der Waals surface area contributed by atoms with E-state index in [1.54, 1.807) is 0 Å². The molecule has 4 nitrogen and oxygen atoms in total. The van der Waals surface area contributed by atoms with E-state index in [0.717, 1.165) is 25.8 Å². The number of halogens is 1. The summed E-state index contributed by atoms with van der Waals surface area (Å²) in [6.45, 7) is 0.913. The number of sulfonamides is 1. The van der Waals surface area contributed by atoms with Crippen LogP contribution in [0.1, 0.15) is 18.4 Å². The van der Waals surface area contributed by atoms with Crippen molar-refractivity contribution in [2.24, 2.45) is 16.5 Å². The zero-order chi connectivity index (χ0) is 17.5. The van der Waals surface area contributed by atoms with Crippen LogP contribution in [0.4, 0.5) is 0 Å². The summed E-state index contributed by atoms with van der Waals surface area (Å²) < 4.78 is 23.4. The highest BCUT2D eigenvalue weighted by Crippen LogP contribution is 2.56. The molecule has 1 aliphatic heterocycles. The van der Waals surface area contributed by atoms with E-state index < -0.39 is 10.0 Å². The molecule has 1 saturated carbocycles. The summed E-state index contributed by atoms with van der Waals surface area (Å²) in [5.41, 5.74) is 3.79. The quantitative estimate of drug-likeness (QED) is 0.821. The maximum absolute atomic E-state index is 11.7. The van der Waals surface area contributed by atoms with Gasteiger partial charge in [0.05, 0.1) is 5.75 Å². The van der Waals surface area contributed by atoms with E-state index in [1.165, 1.54) is 16.7 Å². The first-order valence-corrected chi connectivity index (χ1v) is 10.6. The molecule has 1 aliphatic carbocycles. The standard InChI is InChI=1S/C20H24N2O2S.ClH/c21-25(23,24)13-18-19(22-14-20(18)9-10-20)12-15-5-4-8-17(11-15)16-6-2-1-3-7-16;/h1-8,11,18-19,22H,9-10,12-14H2,(H2,21,23,24);1H. The van der Waals surface area contributed by atoms with Crippen LogP contribution in [0.5, 0.6) is 0 Å². The molecule has 2 unspecified atom stereocenters. The van der Waals surface area contributed by atoms with Gasteiger partial charge in [-0.05, 0) is 47.3 Å².